The number of aryl methyl sites for hydroxylation is 2. The summed E-state index contributed by atoms with van der Waals surface area (Å²) in [5.74, 6) is -0.112. The number of pyridine rings is 1. The van der Waals surface area contributed by atoms with E-state index in [1.54, 1.807) is 18.5 Å². The van der Waals surface area contributed by atoms with Gasteiger partial charge in [-0.15, -0.1) is 4.80 Å². The Kier molecular flexibility index (Phi) is 5.38. The number of rotatable bonds is 3. The molecule has 2 aliphatic heterocycles. The number of carbonyl (C=O) groups excluding carboxylic acids is 1. The minimum atomic E-state index is -0.125. The summed E-state index contributed by atoms with van der Waals surface area (Å²) in [6.45, 7) is 1.88. The molecule has 1 amide bonds. The maximum Gasteiger partial charge on any atom is 0.275 e. The molecule has 1 saturated heterocycles. The van der Waals surface area contributed by atoms with Crippen LogP contribution >= 0.6 is 23.2 Å². The van der Waals surface area contributed by atoms with Crippen molar-refractivity contribution in [2.24, 2.45) is 7.05 Å². The highest BCUT2D eigenvalue weighted by molar-refractivity contribution is 6.35. The summed E-state index contributed by atoms with van der Waals surface area (Å²) in [4.78, 5) is 22.1. The fraction of sp³-hybridized carbons (Fsp3) is 0.320. The van der Waals surface area contributed by atoms with Crippen molar-refractivity contribution < 1.29 is 4.79 Å². The second-order valence-corrected chi connectivity index (χ2v) is 10.0. The quantitative estimate of drug-likeness (QED) is 0.390. The molecule has 0 saturated carbocycles. The molecule has 4 aromatic rings. The summed E-state index contributed by atoms with van der Waals surface area (Å²) in [5.41, 5.74) is 5.74. The molecule has 3 aromatic heterocycles. The van der Waals surface area contributed by atoms with Crippen molar-refractivity contribution >= 4 is 29.1 Å². The zero-order valence-corrected chi connectivity index (χ0v) is 20.8. The van der Waals surface area contributed by atoms with Crippen molar-refractivity contribution in [3.63, 3.8) is 0 Å². The van der Waals surface area contributed by atoms with E-state index in [0.29, 0.717) is 27.8 Å². The lowest BCUT2D eigenvalue weighted by Crippen LogP contribution is -2.50. The van der Waals surface area contributed by atoms with Crippen LogP contribution in [0, 0.1) is 6.92 Å². The number of nitrogens with zero attached hydrogens (tertiary/aromatic N) is 7. The van der Waals surface area contributed by atoms with E-state index >= 15 is 0 Å². The van der Waals surface area contributed by atoms with Crippen molar-refractivity contribution in [3.8, 4) is 16.9 Å². The van der Waals surface area contributed by atoms with Crippen LogP contribution in [0.25, 0.3) is 16.9 Å². The van der Waals surface area contributed by atoms with Gasteiger partial charge in [0.1, 0.15) is 5.69 Å². The van der Waals surface area contributed by atoms with Gasteiger partial charge in [0.25, 0.3) is 5.91 Å². The molecule has 0 aliphatic carbocycles. The standard InChI is InChI=1S/C25H23Cl2N7O/c1-14-6-7-21(34-28-8-9-29-34)23(30-14)25(35)33-18-4-3-5-20(33)22-19(13-18)24(32(2)31-22)15-10-16(26)12-17(27)11-15/h6-12,18,20H,3-5,13H2,1-2H3. The summed E-state index contributed by atoms with van der Waals surface area (Å²) < 4.78 is 1.89. The van der Waals surface area contributed by atoms with E-state index in [9.17, 15) is 4.79 Å². The first-order valence-corrected chi connectivity index (χ1v) is 12.4. The monoisotopic (exact) mass is 507 g/mol. The second-order valence-electron chi connectivity index (χ2n) is 9.15. The van der Waals surface area contributed by atoms with Crippen LogP contribution in [0.1, 0.15) is 52.7 Å². The largest absolute Gasteiger partial charge is 0.325 e. The van der Waals surface area contributed by atoms with Gasteiger partial charge in [0, 0.05) is 40.0 Å². The molecule has 1 aromatic carbocycles. The number of hydrogen-bond donors (Lipinski definition) is 0. The minimum Gasteiger partial charge on any atom is -0.325 e. The minimum absolute atomic E-state index is 0.0482. The smallest absolute Gasteiger partial charge is 0.275 e. The number of aromatic nitrogens is 6. The van der Waals surface area contributed by atoms with Crippen LogP contribution in [-0.4, -0.2) is 46.6 Å². The van der Waals surface area contributed by atoms with E-state index in [1.165, 1.54) is 4.80 Å². The summed E-state index contributed by atoms with van der Waals surface area (Å²) in [6, 6.07) is 9.20. The van der Waals surface area contributed by atoms with Crippen LogP contribution in [-0.2, 0) is 13.5 Å². The van der Waals surface area contributed by atoms with E-state index < -0.39 is 0 Å². The highest BCUT2D eigenvalue weighted by Crippen LogP contribution is 2.45. The SMILES string of the molecule is Cc1ccc(-n2nccn2)c(C(=O)N2C3CCCC2c2nn(C)c(-c4cc(Cl)cc(Cl)c4)c2C3)n1. The van der Waals surface area contributed by atoms with Crippen LogP contribution in [0.15, 0.2) is 42.7 Å². The van der Waals surface area contributed by atoms with Gasteiger partial charge in [-0.2, -0.15) is 15.3 Å². The summed E-state index contributed by atoms with van der Waals surface area (Å²) in [5, 5.41) is 14.5. The maximum atomic E-state index is 14.1. The summed E-state index contributed by atoms with van der Waals surface area (Å²) in [6.07, 6.45) is 6.71. The highest BCUT2D eigenvalue weighted by Gasteiger charge is 2.44. The third kappa shape index (κ3) is 3.72. The topological polar surface area (TPSA) is 81.7 Å². The predicted octanol–water partition coefficient (Wildman–Crippen LogP) is 4.97. The van der Waals surface area contributed by atoms with Crippen molar-refractivity contribution in [1.29, 1.82) is 0 Å². The average Bonchev–Trinajstić information content (AvgIpc) is 3.45. The number of amides is 1. The van der Waals surface area contributed by atoms with Gasteiger partial charge in [-0.1, -0.05) is 23.2 Å². The van der Waals surface area contributed by atoms with Crippen LogP contribution in [0.2, 0.25) is 10.0 Å². The van der Waals surface area contributed by atoms with Gasteiger partial charge in [-0.05, 0) is 62.9 Å². The third-order valence-corrected chi connectivity index (χ3v) is 7.33. The lowest BCUT2D eigenvalue weighted by Gasteiger charge is -2.45. The number of hydrogen-bond acceptors (Lipinski definition) is 5. The highest BCUT2D eigenvalue weighted by atomic mass is 35.5. The Hall–Kier alpha value is -3.23. The lowest BCUT2D eigenvalue weighted by atomic mass is 9.81. The van der Waals surface area contributed by atoms with Crippen LogP contribution < -0.4 is 0 Å². The normalized spacial score (nSPS) is 19.0. The third-order valence-electron chi connectivity index (χ3n) is 6.90. The van der Waals surface area contributed by atoms with E-state index in [-0.39, 0.29) is 18.0 Å². The molecule has 0 N–H and O–H groups in total. The van der Waals surface area contributed by atoms with Crippen molar-refractivity contribution in [2.45, 2.75) is 44.7 Å². The molecule has 178 valence electrons. The Morgan fingerprint density at radius 2 is 1.80 bits per heavy atom. The Bertz CT molecular complexity index is 1430. The Morgan fingerprint density at radius 1 is 1.06 bits per heavy atom. The number of piperidine rings is 1. The average molecular weight is 508 g/mol. The molecule has 8 nitrogen and oxygen atoms in total. The van der Waals surface area contributed by atoms with Gasteiger partial charge in [0.2, 0.25) is 0 Å². The first-order valence-electron chi connectivity index (χ1n) is 11.6. The van der Waals surface area contributed by atoms with E-state index in [1.807, 2.05) is 47.8 Å². The first kappa shape index (κ1) is 22.2. The zero-order valence-electron chi connectivity index (χ0n) is 19.3. The van der Waals surface area contributed by atoms with Crippen molar-refractivity contribution in [1.82, 2.24) is 34.7 Å². The number of halogens is 2. The predicted molar refractivity (Wildman–Crippen MR) is 133 cm³/mol. The number of carbonyl (C=O) groups is 1. The van der Waals surface area contributed by atoms with Crippen LogP contribution in [0.5, 0.6) is 0 Å². The molecule has 0 radical (unpaired) electrons. The lowest BCUT2D eigenvalue weighted by molar-refractivity contribution is 0.0385. The van der Waals surface area contributed by atoms with Crippen LogP contribution in [0.4, 0.5) is 0 Å². The molecular formula is C25H23Cl2N7O. The maximum absolute atomic E-state index is 14.1. The zero-order chi connectivity index (χ0) is 24.3. The molecular weight excluding hydrogens is 485 g/mol. The molecule has 6 rings (SSSR count). The second kappa shape index (κ2) is 8.46. The van der Waals surface area contributed by atoms with E-state index in [2.05, 4.69) is 15.2 Å². The molecule has 0 spiro atoms. The van der Waals surface area contributed by atoms with Gasteiger partial charge < -0.3 is 4.90 Å². The first-order chi connectivity index (χ1) is 16.9. The Morgan fingerprint density at radius 3 is 2.54 bits per heavy atom. The molecule has 2 atom stereocenters. The molecule has 35 heavy (non-hydrogen) atoms. The van der Waals surface area contributed by atoms with E-state index in [4.69, 9.17) is 28.3 Å². The number of benzene rings is 1. The van der Waals surface area contributed by atoms with Crippen molar-refractivity contribution in [2.75, 3.05) is 0 Å². The van der Waals surface area contributed by atoms with Gasteiger partial charge in [-0.3, -0.25) is 9.48 Å². The van der Waals surface area contributed by atoms with Gasteiger partial charge in [0.05, 0.1) is 29.8 Å². The van der Waals surface area contributed by atoms with E-state index in [0.717, 1.165) is 47.5 Å². The number of fused-ring (bicyclic) bond motifs is 4. The molecule has 2 bridgehead atoms. The molecule has 10 heteroatoms. The fourth-order valence-electron chi connectivity index (χ4n) is 5.53. The van der Waals surface area contributed by atoms with Gasteiger partial charge >= 0.3 is 0 Å². The summed E-state index contributed by atoms with van der Waals surface area (Å²) >= 11 is 12.6. The fourth-order valence-corrected chi connectivity index (χ4v) is 6.06. The Labute approximate surface area is 212 Å². The molecule has 2 unspecified atom stereocenters. The van der Waals surface area contributed by atoms with Crippen molar-refractivity contribution in [3.05, 3.63) is 75.4 Å². The van der Waals surface area contributed by atoms with Gasteiger partial charge in [0.15, 0.2) is 5.69 Å². The van der Waals surface area contributed by atoms with Crippen LogP contribution in [0.3, 0.4) is 0 Å². The molecule has 2 aliphatic rings. The summed E-state index contributed by atoms with van der Waals surface area (Å²) in [7, 11) is 1.93. The van der Waals surface area contributed by atoms with Gasteiger partial charge in [-0.25, -0.2) is 4.98 Å². The Balaban J connectivity index is 1.45. The molecule has 5 heterocycles. The molecule has 1 fully saturated rings.